The molecule has 1 N–H and O–H groups in total. The van der Waals surface area contributed by atoms with E-state index in [2.05, 4.69) is 20.2 Å². The summed E-state index contributed by atoms with van der Waals surface area (Å²) >= 11 is -0.142. The molecule has 1 aromatic heterocycles. The summed E-state index contributed by atoms with van der Waals surface area (Å²) in [5.74, 6) is 0.0396. The van der Waals surface area contributed by atoms with E-state index in [0.29, 0.717) is 18.7 Å². The molecule has 0 aromatic carbocycles. The molecule has 17 heavy (non-hydrogen) atoms. The van der Waals surface area contributed by atoms with E-state index < -0.39 is 0 Å². The quantitative estimate of drug-likeness (QED) is 0.349. The Morgan fingerprint density at radius 3 is 2.71 bits per heavy atom. The molecule has 0 unspecified atom stereocenters. The van der Waals surface area contributed by atoms with Gasteiger partial charge in [0.2, 0.25) is 0 Å². The Labute approximate surface area is 109 Å². The van der Waals surface area contributed by atoms with Crippen LogP contribution in [-0.4, -0.2) is 39.8 Å². The van der Waals surface area contributed by atoms with Crippen LogP contribution in [-0.2, 0) is 4.79 Å². The number of nitrogens with zero attached hydrogens (tertiary/aromatic N) is 3. The number of urea groups is 1. The van der Waals surface area contributed by atoms with Crippen molar-refractivity contribution < 1.29 is 30.8 Å². The second-order valence-corrected chi connectivity index (χ2v) is 5.54. The van der Waals surface area contributed by atoms with E-state index in [9.17, 15) is 9.59 Å². The SMILES string of the molecule is C[I-]c1ncc(N2CCC(=O)CNC2=O)cn1. The fourth-order valence-electron chi connectivity index (χ4n) is 1.48. The van der Waals surface area contributed by atoms with Gasteiger partial charge in [-0.3, -0.25) is 0 Å². The van der Waals surface area contributed by atoms with Crippen LogP contribution < -0.4 is 31.4 Å². The van der Waals surface area contributed by atoms with E-state index >= 15 is 0 Å². The summed E-state index contributed by atoms with van der Waals surface area (Å²) in [6, 6.07) is -0.265. The van der Waals surface area contributed by atoms with Crippen molar-refractivity contribution in [1.29, 1.82) is 0 Å². The van der Waals surface area contributed by atoms with Gasteiger partial charge in [0.05, 0.1) is 0 Å². The molecule has 2 rings (SSSR count). The van der Waals surface area contributed by atoms with Crippen molar-refractivity contribution >= 4 is 17.5 Å². The number of amides is 2. The van der Waals surface area contributed by atoms with E-state index in [0.717, 1.165) is 3.83 Å². The Morgan fingerprint density at radius 1 is 1.35 bits per heavy atom. The van der Waals surface area contributed by atoms with Crippen LogP contribution in [0.2, 0.25) is 0 Å². The van der Waals surface area contributed by atoms with Gasteiger partial charge in [-0.05, 0) is 0 Å². The molecule has 1 aromatic rings. The van der Waals surface area contributed by atoms with E-state index in [-0.39, 0.29) is 39.6 Å². The fourth-order valence-corrected chi connectivity index (χ4v) is 2.32. The van der Waals surface area contributed by atoms with Gasteiger partial charge in [0, 0.05) is 0 Å². The Kier molecular flexibility index (Phi) is 3.87. The number of carbonyl (C=O) groups excluding carboxylic acids is 2. The van der Waals surface area contributed by atoms with Gasteiger partial charge in [-0.1, -0.05) is 0 Å². The standard InChI is InChI=1S/C10H12IN4O2/c1-11-9-12-4-7(5-13-9)15-3-2-8(16)6-14-10(15)17/h4-5H,2-3,6H2,1H3,(H,14,17)/q-1. The fraction of sp³-hybridized carbons (Fsp3) is 0.400. The second kappa shape index (κ2) is 5.39. The van der Waals surface area contributed by atoms with Crippen molar-refractivity contribution in [3.8, 4) is 0 Å². The molecule has 1 aliphatic rings. The average Bonchev–Trinajstić information content (AvgIpc) is 2.52. The van der Waals surface area contributed by atoms with Crippen LogP contribution in [0.5, 0.6) is 0 Å². The Morgan fingerprint density at radius 2 is 2.06 bits per heavy atom. The molecule has 0 saturated carbocycles. The molecule has 6 nitrogen and oxygen atoms in total. The molecule has 1 saturated heterocycles. The molecule has 0 radical (unpaired) electrons. The second-order valence-electron chi connectivity index (χ2n) is 3.50. The number of anilines is 1. The number of rotatable bonds is 2. The van der Waals surface area contributed by atoms with Gasteiger partial charge in [-0.25, -0.2) is 0 Å². The van der Waals surface area contributed by atoms with Crippen LogP contribution in [0.1, 0.15) is 6.42 Å². The van der Waals surface area contributed by atoms with E-state index in [1.54, 1.807) is 12.4 Å². The normalized spacial score (nSPS) is 16.9. The molecule has 92 valence electrons. The Bertz CT molecular complexity index is 434. The number of ketones is 1. The number of hydrogen-bond donors (Lipinski definition) is 1. The van der Waals surface area contributed by atoms with E-state index in [1.165, 1.54) is 4.90 Å². The molecule has 0 aliphatic carbocycles. The van der Waals surface area contributed by atoms with Crippen LogP contribution >= 0.6 is 0 Å². The third-order valence-corrected chi connectivity index (χ3v) is 3.91. The van der Waals surface area contributed by atoms with Crippen LogP contribution in [0.25, 0.3) is 0 Å². The molecule has 7 heteroatoms. The maximum absolute atomic E-state index is 11.7. The predicted molar refractivity (Wildman–Crippen MR) is 57.0 cm³/mol. The number of hydrogen-bond acceptors (Lipinski definition) is 4. The van der Waals surface area contributed by atoms with Crippen molar-refractivity contribution in [3.63, 3.8) is 0 Å². The Balaban J connectivity index is 2.18. The van der Waals surface area contributed by atoms with Gasteiger partial charge in [0.25, 0.3) is 0 Å². The summed E-state index contributed by atoms with van der Waals surface area (Å²) in [5.41, 5.74) is 0.637. The first kappa shape index (κ1) is 12.2. The van der Waals surface area contributed by atoms with Gasteiger partial charge in [-0.15, -0.1) is 0 Å². The van der Waals surface area contributed by atoms with Crippen molar-refractivity contribution in [2.45, 2.75) is 6.42 Å². The average molecular weight is 347 g/mol. The van der Waals surface area contributed by atoms with Crippen LogP contribution in [0.15, 0.2) is 12.4 Å². The number of halogens is 1. The predicted octanol–water partition coefficient (Wildman–Crippen LogP) is -3.15. The van der Waals surface area contributed by atoms with Crippen molar-refractivity contribution in [2.24, 2.45) is 0 Å². The zero-order chi connectivity index (χ0) is 12.3. The van der Waals surface area contributed by atoms with Crippen LogP contribution in [0.3, 0.4) is 0 Å². The first-order valence-electron chi connectivity index (χ1n) is 5.09. The molecule has 0 bridgehead atoms. The monoisotopic (exact) mass is 347 g/mol. The summed E-state index contributed by atoms with van der Waals surface area (Å²) in [4.78, 5) is 34.9. The molecule has 2 amide bonds. The van der Waals surface area contributed by atoms with Gasteiger partial charge in [0.15, 0.2) is 0 Å². The summed E-state index contributed by atoms with van der Waals surface area (Å²) in [7, 11) is 0. The Hall–Kier alpha value is -1.25. The third kappa shape index (κ3) is 2.90. The van der Waals surface area contributed by atoms with Gasteiger partial charge in [-0.2, -0.15) is 0 Å². The van der Waals surface area contributed by atoms with E-state index in [4.69, 9.17) is 0 Å². The minimum absolute atomic E-state index is 0.0396. The number of alkyl halides is 1. The zero-order valence-corrected chi connectivity index (χ0v) is 11.5. The number of carbonyl (C=O) groups is 2. The van der Waals surface area contributed by atoms with Gasteiger partial charge in [0.1, 0.15) is 0 Å². The third-order valence-electron chi connectivity index (χ3n) is 2.38. The van der Waals surface area contributed by atoms with Crippen LogP contribution in [0.4, 0.5) is 10.5 Å². The molecule has 0 atom stereocenters. The molecule has 0 spiro atoms. The van der Waals surface area contributed by atoms with Crippen LogP contribution in [0, 0.1) is 3.83 Å². The summed E-state index contributed by atoms with van der Waals surface area (Å²) in [5, 5.41) is 2.56. The van der Waals surface area contributed by atoms with Crippen molar-refractivity contribution in [1.82, 2.24) is 15.3 Å². The summed E-state index contributed by atoms with van der Waals surface area (Å²) in [6.07, 6.45) is 3.64. The molecular weight excluding hydrogens is 335 g/mol. The molecule has 1 fully saturated rings. The van der Waals surface area contributed by atoms with Crippen molar-refractivity contribution in [3.05, 3.63) is 16.2 Å². The maximum atomic E-state index is 11.7. The first-order valence-corrected chi connectivity index (χ1v) is 8.33. The summed E-state index contributed by atoms with van der Waals surface area (Å²) < 4.78 is 0.846. The number of nitrogens with one attached hydrogen (secondary N) is 1. The minimum atomic E-state index is -0.265. The topological polar surface area (TPSA) is 75.2 Å². The number of aromatic nitrogens is 2. The first-order chi connectivity index (χ1) is 8.20. The summed E-state index contributed by atoms with van der Waals surface area (Å²) in [6.45, 7) is 0.489. The molecule has 1 aliphatic heterocycles. The zero-order valence-electron chi connectivity index (χ0n) is 9.31. The van der Waals surface area contributed by atoms with Crippen molar-refractivity contribution in [2.75, 3.05) is 22.9 Å². The van der Waals surface area contributed by atoms with Gasteiger partial charge < -0.3 is 0 Å². The van der Waals surface area contributed by atoms with E-state index in [1.807, 2.05) is 0 Å². The molecule has 2 heterocycles. The number of Topliss-reactive ketones (excluding diaryl/α,β-unsaturated/α-hetero) is 1. The van der Waals surface area contributed by atoms with Gasteiger partial charge >= 0.3 is 109 Å². The molecular formula is C10H12IN4O2-.